The Morgan fingerprint density at radius 2 is 1.70 bits per heavy atom. The lowest BCUT2D eigenvalue weighted by atomic mass is 10.1. The first-order valence-electron chi connectivity index (χ1n) is 12.0. The predicted octanol–water partition coefficient (Wildman–Crippen LogP) is 4.46. The zero-order valence-electron chi connectivity index (χ0n) is 21.4. The average molecular weight is 511 g/mol. The molecule has 0 radical (unpaired) electrons. The van der Waals surface area contributed by atoms with E-state index in [9.17, 15) is 14.7 Å². The Kier molecular flexibility index (Phi) is 10.0. The van der Waals surface area contributed by atoms with Gasteiger partial charge < -0.3 is 19.0 Å². The van der Waals surface area contributed by atoms with Crippen LogP contribution in [0.25, 0.3) is 0 Å². The number of carbonyl (C=O) groups excluding carboxylic acids is 2. The Morgan fingerprint density at radius 1 is 1.05 bits per heavy atom. The van der Waals surface area contributed by atoms with Crippen LogP contribution in [-0.2, 0) is 29.0 Å². The summed E-state index contributed by atoms with van der Waals surface area (Å²) in [5.74, 6) is 0.420. The molecular formula is C27H34N4O6. The molecule has 0 saturated carbocycles. The van der Waals surface area contributed by atoms with Gasteiger partial charge >= 0.3 is 12.2 Å². The molecule has 0 bridgehead atoms. The fourth-order valence-corrected chi connectivity index (χ4v) is 3.41. The number of aliphatic hydroxyl groups excluding tert-OH is 1. The van der Waals surface area contributed by atoms with E-state index in [1.165, 1.54) is 17.6 Å². The minimum Gasteiger partial charge on any atom is -0.447 e. The molecule has 10 nitrogen and oxygen atoms in total. The van der Waals surface area contributed by atoms with Crippen molar-refractivity contribution in [3.8, 4) is 0 Å². The van der Waals surface area contributed by atoms with Crippen LogP contribution < -0.4 is 5.43 Å². The molecule has 0 aliphatic rings. The van der Waals surface area contributed by atoms with Gasteiger partial charge in [-0.3, -0.25) is 0 Å². The van der Waals surface area contributed by atoms with Crippen LogP contribution in [-0.4, -0.2) is 50.7 Å². The number of nitrogens with one attached hydrogen (secondary N) is 1. The third-order valence-electron chi connectivity index (χ3n) is 5.11. The molecule has 0 aliphatic heterocycles. The molecule has 10 heteroatoms. The van der Waals surface area contributed by atoms with Crippen LogP contribution in [0.2, 0.25) is 0 Å². The van der Waals surface area contributed by atoms with Crippen LogP contribution in [0.4, 0.5) is 9.59 Å². The molecule has 1 atom stereocenters. The monoisotopic (exact) mass is 510 g/mol. The van der Waals surface area contributed by atoms with Crippen LogP contribution in [0, 0.1) is 0 Å². The Bertz CT molecular complexity index is 1090. The Morgan fingerprint density at radius 3 is 2.30 bits per heavy atom. The number of rotatable bonds is 10. The van der Waals surface area contributed by atoms with E-state index in [1.807, 2.05) is 60.7 Å². The van der Waals surface area contributed by atoms with Gasteiger partial charge in [-0.05, 0) is 44.7 Å². The number of oxazole rings is 1. The molecule has 37 heavy (non-hydrogen) atoms. The molecule has 3 aromatic rings. The highest BCUT2D eigenvalue weighted by molar-refractivity contribution is 5.73. The first-order valence-corrected chi connectivity index (χ1v) is 12.0. The normalized spacial score (nSPS) is 12.1. The van der Waals surface area contributed by atoms with E-state index >= 15 is 0 Å². The molecule has 0 unspecified atom stereocenters. The van der Waals surface area contributed by atoms with Crippen molar-refractivity contribution in [3.05, 3.63) is 90.1 Å². The molecule has 0 fully saturated rings. The van der Waals surface area contributed by atoms with Gasteiger partial charge in [-0.2, -0.15) is 5.01 Å². The minimum absolute atomic E-state index is 0.00819. The van der Waals surface area contributed by atoms with Crippen LogP contribution in [0.1, 0.15) is 44.1 Å². The van der Waals surface area contributed by atoms with Gasteiger partial charge in [-0.25, -0.2) is 20.0 Å². The third kappa shape index (κ3) is 9.94. The van der Waals surface area contributed by atoms with Crippen molar-refractivity contribution < 1.29 is 28.6 Å². The summed E-state index contributed by atoms with van der Waals surface area (Å²) in [6.07, 6.45) is 1.27. The largest absolute Gasteiger partial charge is 0.447 e. The molecule has 2 amide bonds. The number of hydrogen-bond acceptors (Lipinski definition) is 8. The topological polar surface area (TPSA) is 117 Å². The first-order chi connectivity index (χ1) is 17.7. The summed E-state index contributed by atoms with van der Waals surface area (Å²) in [5, 5.41) is 13.2. The molecule has 2 aromatic carbocycles. The number of amides is 2. The molecule has 1 heterocycles. The number of benzene rings is 2. The number of nitrogens with zero attached hydrogens (tertiary/aromatic N) is 3. The average Bonchev–Trinajstić information content (AvgIpc) is 3.38. The zero-order valence-corrected chi connectivity index (χ0v) is 21.4. The van der Waals surface area contributed by atoms with Crippen molar-refractivity contribution in [3.63, 3.8) is 0 Å². The predicted molar refractivity (Wildman–Crippen MR) is 136 cm³/mol. The van der Waals surface area contributed by atoms with Crippen LogP contribution >= 0.6 is 0 Å². The van der Waals surface area contributed by atoms with E-state index in [0.717, 1.165) is 16.2 Å². The molecular weight excluding hydrogens is 476 g/mol. The SMILES string of the molecule is CC(C)(C)OC(=O)N(NC(=O)OCc1ccccc1)N(Cc1cnco1)C[C@@H](O)CCc1ccccc1. The molecule has 0 saturated heterocycles. The van der Waals surface area contributed by atoms with Gasteiger partial charge in [0.25, 0.3) is 0 Å². The van der Waals surface area contributed by atoms with E-state index in [2.05, 4.69) is 10.4 Å². The van der Waals surface area contributed by atoms with Crippen LogP contribution in [0.15, 0.2) is 77.7 Å². The Balaban J connectivity index is 1.75. The third-order valence-corrected chi connectivity index (χ3v) is 5.11. The maximum Gasteiger partial charge on any atom is 0.444 e. The van der Waals surface area contributed by atoms with Crippen molar-refractivity contribution in [1.29, 1.82) is 0 Å². The summed E-state index contributed by atoms with van der Waals surface area (Å²) in [7, 11) is 0. The van der Waals surface area contributed by atoms with Crippen molar-refractivity contribution in [2.45, 2.75) is 58.5 Å². The highest BCUT2D eigenvalue weighted by Gasteiger charge is 2.31. The second-order valence-electron chi connectivity index (χ2n) is 9.46. The summed E-state index contributed by atoms with van der Waals surface area (Å²) in [4.78, 5) is 29.8. The quantitative estimate of drug-likeness (QED) is 0.384. The molecule has 198 valence electrons. The standard InChI is InChI=1S/C27H34N4O6/c1-27(2,3)37-26(34)31(29-25(33)35-19-22-12-8-5-9-13-22)30(18-24-16-28-20-36-24)17-23(32)15-14-21-10-6-4-7-11-21/h4-13,16,20,23,32H,14-15,17-19H2,1-3H3,(H,29,33)/t23-/m0/s1. The minimum atomic E-state index is -0.865. The van der Waals surface area contributed by atoms with E-state index in [-0.39, 0.29) is 19.7 Å². The lowest BCUT2D eigenvalue weighted by molar-refractivity contribution is -0.0979. The van der Waals surface area contributed by atoms with E-state index < -0.39 is 23.9 Å². The second-order valence-corrected chi connectivity index (χ2v) is 9.46. The number of aliphatic hydroxyl groups is 1. The van der Waals surface area contributed by atoms with Gasteiger partial charge in [0.1, 0.15) is 18.0 Å². The summed E-state index contributed by atoms with van der Waals surface area (Å²) in [6.45, 7) is 5.17. The number of ether oxygens (including phenoxy) is 2. The number of carbonyl (C=O) groups is 2. The van der Waals surface area contributed by atoms with Gasteiger partial charge in [0.2, 0.25) is 0 Å². The lowest BCUT2D eigenvalue weighted by Gasteiger charge is -2.35. The number of aryl methyl sites for hydroxylation is 1. The molecule has 0 spiro atoms. The number of hydrogen-bond donors (Lipinski definition) is 2. The zero-order chi connectivity index (χ0) is 26.7. The van der Waals surface area contributed by atoms with Crippen molar-refractivity contribution in [2.75, 3.05) is 6.54 Å². The first kappa shape index (κ1) is 27.7. The highest BCUT2D eigenvalue weighted by atomic mass is 16.6. The number of aromatic nitrogens is 1. The Labute approximate surface area is 216 Å². The molecule has 0 aliphatic carbocycles. The fraction of sp³-hybridized carbons (Fsp3) is 0.370. The summed E-state index contributed by atoms with van der Waals surface area (Å²) in [6, 6.07) is 18.9. The number of hydrazine groups is 2. The molecule has 1 aromatic heterocycles. The molecule has 3 rings (SSSR count). The highest BCUT2D eigenvalue weighted by Crippen LogP contribution is 2.15. The Hall–Kier alpha value is -3.89. The van der Waals surface area contributed by atoms with Gasteiger partial charge in [-0.1, -0.05) is 60.7 Å². The van der Waals surface area contributed by atoms with Gasteiger partial charge in [0.05, 0.1) is 18.8 Å². The summed E-state index contributed by atoms with van der Waals surface area (Å²) >= 11 is 0. The summed E-state index contributed by atoms with van der Waals surface area (Å²) in [5.41, 5.74) is 3.48. The van der Waals surface area contributed by atoms with Gasteiger partial charge in [0, 0.05) is 6.54 Å². The van der Waals surface area contributed by atoms with E-state index in [0.29, 0.717) is 18.6 Å². The molecule has 2 N–H and O–H groups in total. The van der Waals surface area contributed by atoms with Crippen LogP contribution in [0.5, 0.6) is 0 Å². The van der Waals surface area contributed by atoms with Gasteiger partial charge in [0.15, 0.2) is 6.39 Å². The summed E-state index contributed by atoms with van der Waals surface area (Å²) < 4.78 is 16.2. The van der Waals surface area contributed by atoms with Crippen molar-refractivity contribution >= 4 is 12.2 Å². The van der Waals surface area contributed by atoms with Crippen LogP contribution in [0.3, 0.4) is 0 Å². The van der Waals surface area contributed by atoms with Crippen molar-refractivity contribution in [1.82, 2.24) is 20.5 Å². The van der Waals surface area contributed by atoms with E-state index in [4.69, 9.17) is 13.9 Å². The lowest BCUT2D eigenvalue weighted by Crippen LogP contribution is -2.58. The van der Waals surface area contributed by atoms with Crippen molar-refractivity contribution in [2.24, 2.45) is 0 Å². The smallest absolute Gasteiger partial charge is 0.444 e. The van der Waals surface area contributed by atoms with Gasteiger partial charge in [-0.15, -0.1) is 5.12 Å². The second kappa shape index (κ2) is 13.4. The maximum absolute atomic E-state index is 13.2. The fourth-order valence-electron chi connectivity index (χ4n) is 3.41. The maximum atomic E-state index is 13.2. The van der Waals surface area contributed by atoms with E-state index in [1.54, 1.807) is 20.8 Å².